The van der Waals surface area contributed by atoms with E-state index in [2.05, 4.69) is 50.4 Å². The van der Waals surface area contributed by atoms with E-state index >= 15 is 0 Å². The van der Waals surface area contributed by atoms with Gasteiger partial charge in [0.25, 0.3) is 0 Å². The van der Waals surface area contributed by atoms with Crippen LogP contribution in [0.4, 0.5) is 5.69 Å². The smallest absolute Gasteiger partial charge is 0.0446 e. The molecular weight excluding hydrogens is 182 g/mol. The third kappa shape index (κ3) is 2.62. The van der Waals surface area contributed by atoms with Gasteiger partial charge in [0.1, 0.15) is 0 Å². The highest BCUT2D eigenvalue weighted by Crippen LogP contribution is 2.27. The lowest BCUT2D eigenvalue weighted by molar-refractivity contribution is 0.920. The molecule has 1 heteroatoms. The molecule has 0 saturated carbocycles. The predicted octanol–water partition coefficient (Wildman–Crippen LogP) is 4.24. The van der Waals surface area contributed by atoms with E-state index in [1.165, 1.54) is 22.4 Å². The van der Waals surface area contributed by atoms with Crippen molar-refractivity contribution in [2.75, 3.05) is 5.32 Å². The first-order valence-corrected chi connectivity index (χ1v) is 5.72. The highest BCUT2D eigenvalue weighted by molar-refractivity contribution is 5.73. The number of benzene rings is 1. The minimum Gasteiger partial charge on any atom is -0.378 e. The van der Waals surface area contributed by atoms with Gasteiger partial charge in [0.15, 0.2) is 0 Å². The van der Waals surface area contributed by atoms with Crippen LogP contribution in [0.15, 0.2) is 23.8 Å². The first-order valence-electron chi connectivity index (χ1n) is 5.72. The molecule has 2 rings (SSSR count). The average molecular weight is 203 g/mol. The van der Waals surface area contributed by atoms with Crippen LogP contribution < -0.4 is 5.32 Å². The second-order valence-corrected chi connectivity index (χ2v) is 3.85. The van der Waals surface area contributed by atoms with Crippen molar-refractivity contribution in [2.24, 2.45) is 0 Å². The number of rotatable bonds is 0. The number of anilines is 1. The molecule has 1 unspecified atom stereocenters. The molecule has 0 saturated heterocycles. The summed E-state index contributed by atoms with van der Waals surface area (Å²) in [5.74, 6) is 0. The fourth-order valence-corrected chi connectivity index (χ4v) is 1.65. The molecule has 1 N–H and O–H groups in total. The molecule has 1 aliphatic rings. The van der Waals surface area contributed by atoms with E-state index in [1.807, 2.05) is 13.8 Å². The highest BCUT2D eigenvalue weighted by atomic mass is 14.9. The van der Waals surface area contributed by atoms with Gasteiger partial charge in [0.2, 0.25) is 0 Å². The highest BCUT2D eigenvalue weighted by Gasteiger charge is 2.12. The van der Waals surface area contributed by atoms with Gasteiger partial charge in [-0.05, 0) is 38.5 Å². The molecule has 0 bridgehead atoms. The monoisotopic (exact) mass is 203 g/mol. The van der Waals surface area contributed by atoms with E-state index in [4.69, 9.17) is 0 Å². The molecule has 0 amide bonds. The molecule has 1 aliphatic heterocycles. The van der Waals surface area contributed by atoms with E-state index in [-0.39, 0.29) is 0 Å². The molecular formula is C14H21N. The largest absolute Gasteiger partial charge is 0.378 e. The topological polar surface area (TPSA) is 12.0 Å². The number of fused-ring (bicyclic) bond motifs is 1. The number of nitrogens with one attached hydrogen (secondary N) is 1. The van der Waals surface area contributed by atoms with Crippen molar-refractivity contribution >= 4 is 11.8 Å². The molecule has 1 aromatic carbocycles. The molecule has 0 aliphatic carbocycles. The standard InChI is InChI=1S/C12H15N.C2H6/c1-8-4-5-12-11(6-8)7-9(2)10(3)13-12;1-2/h4-7,10,13H,1-3H3;1-2H3. The molecule has 1 atom stereocenters. The summed E-state index contributed by atoms with van der Waals surface area (Å²) in [4.78, 5) is 0. The van der Waals surface area contributed by atoms with Gasteiger partial charge >= 0.3 is 0 Å². The zero-order chi connectivity index (χ0) is 11.4. The van der Waals surface area contributed by atoms with Crippen LogP contribution in [0.5, 0.6) is 0 Å². The lowest BCUT2D eigenvalue weighted by atomic mass is 9.99. The van der Waals surface area contributed by atoms with Crippen LogP contribution in [-0.4, -0.2) is 6.04 Å². The van der Waals surface area contributed by atoms with Crippen LogP contribution in [-0.2, 0) is 0 Å². The van der Waals surface area contributed by atoms with Gasteiger partial charge < -0.3 is 5.32 Å². The fourth-order valence-electron chi connectivity index (χ4n) is 1.65. The van der Waals surface area contributed by atoms with Crippen LogP contribution in [0, 0.1) is 6.92 Å². The van der Waals surface area contributed by atoms with E-state index in [0.29, 0.717) is 6.04 Å². The Morgan fingerprint density at radius 3 is 2.47 bits per heavy atom. The molecule has 82 valence electrons. The minimum absolute atomic E-state index is 0.468. The van der Waals surface area contributed by atoms with Gasteiger partial charge in [-0.1, -0.05) is 37.1 Å². The van der Waals surface area contributed by atoms with Gasteiger partial charge in [-0.2, -0.15) is 0 Å². The van der Waals surface area contributed by atoms with Gasteiger partial charge in [0.05, 0.1) is 0 Å². The summed E-state index contributed by atoms with van der Waals surface area (Å²) in [7, 11) is 0. The Bertz CT molecular complexity index is 364. The minimum atomic E-state index is 0.468. The maximum absolute atomic E-state index is 3.47. The molecule has 1 aromatic rings. The molecule has 0 aromatic heterocycles. The normalized spacial score (nSPS) is 17.9. The lowest BCUT2D eigenvalue weighted by Crippen LogP contribution is -2.20. The fraction of sp³-hybridized carbons (Fsp3) is 0.429. The summed E-state index contributed by atoms with van der Waals surface area (Å²) in [6, 6.07) is 6.99. The summed E-state index contributed by atoms with van der Waals surface area (Å²) < 4.78 is 0. The number of aryl methyl sites for hydroxylation is 1. The molecule has 1 heterocycles. The van der Waals surface area contributed by atoms with Crippen molar-refractivity contribution in [3.05, 3.63) is 34.9 Å². The summed E-state index contributed by atoms with van der Waals surface area (Å²) in [6.45, 7) is 10.5. The Morgan fingerprint density at radius 2 is 1.80 bits per heavy atom. The third-order valence-electron chi connectivity index (χ3n) is 2.65. The van der Waals surface area contributed by atoms with E-state index in [9.17, 15) is 0 Å². The number of hydrogen-bond acceptors (Lipinski definition) is 1. The van der Waals surface area contributed by atoms with Gasteiger partial charge in [-0.15, -0.1) is 0 Å². The van der Waals surface area contributed by atoms with Crippen LogP contribution in [0.1, 0.15) is 38.8 Å². The third-order valence-corrected chi connectivity index (χ3v) is 2.65. The summed E-state index contributed by atoms with van der Waals surface area (Å²) in [5, 5.41) is 3.47. The molecule has 15 heavy (non-hydrogen) atoms. The Balaban J connectivity index is 0.000000531. The summed E-state index contributed by atoms with van der Waals surface area (Å²) >= 11 is 0. The van der Waals surface area contributed by atoms with E-state index in [0.717, 1.165) is 0 Å². The zero-order valence-electron chi connectivity index (χ0n) is 10.4. The Labute approximate surface area is 93.2 Å². The lowest BCUT2D eigenvalue weighted by Gasteiger charge is -2.23. The van der Waals surface area contributed by atoms with Gasteiger partial charge in [-0.3, -0.25) is 0 Å². The molecule has 0 spiro atoms. The van der Waals surface area contributed by atoms with Crippen molar-refractivity contribution < 1.29 is 0 Å². The molecule has 0 radical (unpaired) electrons. The van der Waals surface area contributed by atoms with Crippen molar-refractivity contribution in [1.82, 2.24) is 0 Å². The van der Waals surface area contributed by atoms with Crippen LogP contribution in [0.25, 0.3) is 6.08 Å². The zero-order valence-corrected chi connectivity index (χ0v) is 10.4. The SMILES string of the molecule is CC.CC1=Cc2cc(C)ccc2NC1C. The summed E-state index contributed by atoms with van der Waals surface area (Å²) in [5.41, 5.74) is 5.29. The Kier molecular flexibility index (Phi) is 3.96. The molecule has 0 fully saturated rings. The van der Waals surface area contributed by atoms with Crippen molar-refractivity contribution in [3.8, 4) is 0 Å². The Morgan fingerprint density at radius 1 is 1.13 bits per heavy atom. The first-order chi connectivity index (χ1) is 7.16. The summed E-state index contributed by atoms with van der Waals surface area (Å²) in [6.07, 6.45) is 2.27. The second-order valence-electron chi connectivity index (χ2n) is 3.85. The first kappa shape index (κ1) is 11.8. The van der Waals surface area contributed by atoms with Crippen LogP contribution in [0.2, 0.25) is 0 Å². The van der Waals surface area contributed by atoms with Crippen molar-refractivity contribution in [1.29, 1.82) is 0 Å². The van der Waals surface area contributed by atoms with E-state index < -0.39 is 0 Å². The van der Waals surface area contributed by atoms with Gasteiger partial charge in [0, 0.05) is 11.7 Å². The predicted molar refractivity (Wildman–Crippen MR) is 69.3 cm³/mol. The van der Waals surface area contributed by atoms with Gasteiger partial charge in [-0.25, -0.2) is 0 Å². The average Bonchev–Trinajstić information content (AvgIpc) is 2.23. The maximum Gasteiger partial charge on any atom is 0.0446 e. The second kappa shape index (κ2) is 5.01. The van der Waals surface area contributed by atoms with Crippen molar-refractivity contribution in [3.63, 3.8) is 0 Å². The van der Waals surface area contributed by atoms with E-state index in [1.54, 1.807) is 0 Å². The van der Waals surface area contributed by atoms with Crippen molar-refractivity contribution in [2.45, 2.75) is 40.7 Å². The number of hydrogen-bond donors (Lipinski definition) is 1. The quantitative estimate of drug-likeness (QED) is 0.665. The maximum atomic E-state index is 3.47. The molecule has 1 nitrogen and oxygen atoms in total. The van der Waals surface area contributed by atoms with Crippen LogP contribution in [0.3, 0.4) is 0 Å². The van der Waals surface area contributed by atoms with Crippen LogP contribution >= 0.6 is 0 Å². The Hall–Kier alpha value is -1.24.